The summed E-state index contributed by atoms with van der Waals surface area (Å²) in [4.78, 5) is 19.3. The lowest BCUT2D eigenvalue weighted by molar-refractivity contribution is -0.146. The molecule has 0 saturated carbocycles. The highest BCUT2D eigenvalue weighted by Crippen LogP contribution is 2.30. The number of hydrogen-bond donors (Lipinski definition) is 1. The van der Waals surface area contributed by atoms with Gasteiger partial charge in [0.1, 0.15) is 11.6 Å². The van der Waals surface area contributed by atoms with E-state index in [0.717, 1.165) is 41.6 Å². The highest BCUT2D eigenvalue weighted by Gasteiger charge is 2.33. The average Bonchev–Trinajstić information content (AvgIpc) is 3.34. The summed E-state index contributed by atoms with van der Waals surface area (Å²) >= 11 is 1.60. The van der Waals surface area contributed by atoms with Gasteiger partial charge in [-0.2, -0.15) is 0 Å². The molecule has 1 fully saturated rings. The summed E-state index contributed by atoms with van der Waals surface area (Å²) in [5, 5.41) is 12.6. The van der Waals surface area contributed by atoms with Crippen molar-refractivity contribution in [2.75, 3.05) is 26.7 Å². The first kappa shape index (κ1) is 23.2. The topological polar surface area (TPSA) is 62.7 Å². The van der Waals surface area contributed by atoms with E-state index in [2.05, 4.69) is 21.7 Å². The molecule has 1 aliphatic rings. The Labute approximate surface area is 197 Å². The molecule has 2 atom stereocenters. The van der Waals surface area contributed by atoms with Crippen LogP contribution < -0.4 is 4.74 Å². The molecular weight excluding hydrogens is 439 g/mol. The number of halogens is 1. The quantitative estimate of drug-likeness (QED) is 0.505. The number of ether oxygens (including phenoxy) is 1. The fourth-order valence-corrected chi connectivity index (χ4v) is 5.14. The molecule has 0 bridgehead atoms. The number of carbonyl (C=O) groups is 1. The van der Waals surface area contributed by atoms with E-state index in [1.165, 1.54) is 6.20 Å². The minimum atomic E-state index is -0.763. The van der Waals surface area contributed by atoms with E-state index in [4.69, 9.17) is 4.74 Å². The molecule has 3 heterocycles. The summed E-state index contributed by atoms with van der Waals surface area (Å²) < 4.78 is 19.9. The lowest BCUT2D eigenvalue weighted by Crippen LogP contribution is -2.44. The Bertz CT molecular complexity index is 1170. The monoisotopic (exact) mass is 466 g/mol. The molecule has 7 heteroatoms. The SMILES string of the molecule is COc1ccc2ncc(F)c(CCC[C@H]3CCN(CC#Cc4cccs4)C[C@H]3C(=O)O)c2c1. The Kier molecular flexibility index (Phi) is 7.58. The van der Waals surface area contributed by atoms with E-state index < -0.39 is 11.9 Å². The number of fused-ring (bicyclic) bond motifs is 1. The van der Waals surface area contributed by atoms with E-state index in [9.17, 15) is 14.3 Å². The second-order valence-corrected chi connectivity index (χ2v) is 9.32. The van der Waals surface area contributed by atoms with Crippen LogP contribution >= 0.6 is 11.3 Å². The zero-order valence-electron chi connectivity index (χ0n) is 18.6. The third-order valence-electron chi connectivity index (χ3n) is 6.33. The van der Waals surface area contributed by atoms with Gasteiger partial charge >= 0.3 is 5.97 Å². The number of nitrogens with zero attached hydrogens (tertiary/aromatic N) is 2. The Morgan fingerprint density at radius 1 is 1.39 bits per heavy atom. The molecule has 5 nitrogen and oxygen atoms in total. The zero-order valence-corrected chi connectivity index (χ0v) is 19.4. The van der Waals surface area contributed by atoms with Crippen molar-refractivity contribution in [3.8, 4) is 17.6 Å². The van der Waals surface area contributed by atoms with Gasteiger partial charge in [0.15, 0.2) is 0 Å². The third kappa shape index (κ3) is 5.70. The van der Waals surface area contributed by atoms with E-state index in [1.807, 2.05) is 35.7 Å². The molecule has 0 unspecified atom stereocenters. The number of pyridine rings is 1. The first-order valence-electron chi connectivity index (χ1n) is 11.1. The molecule has 0 amide bonds. The van der Waals surface area contributed by atoms with Crippen molar-refractivity contribution in [3.63, 3.8) is 0 Å². The lowest BCUT2D eigenvalue weighted by atomic mass is 9.81. The van der Waals surface area contributed by atoms with Gasteiger partial charge in [0.25, 0.3) is 0 Å². The molecule has 0 radical (unpaired) electrons. The number of thiophene rings is 1. The number of carboxylic acids is 1. The summed E-state index contributed by atoms with van der Waals surface area (Å²) in [6.07, 6.45) is 4.08. The predicted molar refractivity (Wildman–Crippen MR) is 128 cm³/mol. The van der Waals surface area contributed by atoms with Crippen molar-refractivity contribution in [1.82, 2.24) is 9.88 Å². The number of rotatable bonds is 7. The number of aromatic nitrogens is 1. The van der Waals surface area contributed by atoms with E-state index in [0.29, 0.717) is 30.8 Å². The van der Waals surface area contributed by atoms with Gasteiger partial charge in [-0.05, 0) is 73.4 Å². The van der Waals surface area contributed by atoms with Crippen molar-refractivity contribution in [2.45, 2.75) is 25.7 Å². The molecule has 0 spiro atoms. The van der Waals surface area contributed by atoms with Gasteiger partial charge in [0.2, 0.25) is 0 Å². The molecule has 2 aromatic heterocycles. The maximum absolute atomic E-state index is 14.6. The van der Waals surface area contributed by atoms with Crippen LogP contribution in [0, 0.1) is 29.5 Å². The van der Waals surface area contributed by atoms with Crippen LogP contribution in [-0.2, 0) is 11.2 Å². The van der Waals surface area contributed by atoms with E-state index in [-0.39, 0.29) is 11.7 Å². The second kappa shape index (κ2) is 10.8. The van der Waals surface area contributed by atoms with Crippen molar-refractivity contribution >= 4 is 28.2 Å². The number of benzene rings is 1. The summed E-state index contributed by atoms with van der Waals surface area (Å²) in [5.41, 5.74) is 1.35. The number of carboxylic acid groups (broad SMARTS) is 1. The van der Waals surface area contributed by atoms with Gasteiger partial charge in [-0.1, -0.05) is 17.9 Å². The van der Waals surface area contributed by atoms with Gasteiger partial charge in [0.05, 0.1) is 36.2 Å². The maximum atomic E-state index is 14.6. The number of aliphatic carboxylic acids is 1. The van der Waals surface area contributed by atoms with Crippen LogP contribution in [0.4, 0.5) is 4.39 Å². The Morgan fingerprint density at radius 3 is 3.03 bits per heavy atom. The summed E-state index contributed by atoms with van der Waals surface area (Å²) in [6.45, 7) is 1.91. The van der Waals surface area contributed by atoms with Crippen LogP contribution in [0.15, 0.2) is 41.9 Å². The molecule has 1 saturated heterocycles. The van der Waals surface area contributed by atoms with Crippen molar-refractivity contribution in [3.05, 3.63) is 58.2 Å². The zero-order chi connectivity index (χ0) is 23.2. The van der Waals surface area contributed by atoms with Crippen LogP contribution in [0.3, 0.4) is 0 Å². The van der Waals surface area contributed by atoms with Crippen LogP contribution in [0.1, 0.15) is 29.7 Å². The number of likely N-dealkylation sites (tertiary alicyclic amines) is 1. The third-order valence-corrected chi connectivity index (χ3v) is 7.11. The Morgan fingerprint density at radius 2 is 2.27 bits per heavy atom. The molecule has 1 aromatic carbocycles. The van der Waals surface area contributed by atoms with Gasteiger partial charge in [0, 0.05) is 11.9 Å². The molecule has 0 aliphatic carbocycles. The highest BCUT2D eigenvalue weighted by atomic mass is 32.1. The molecule has 3 aromatic rings. The minimum absolute atomic E-state index is 0.0784. The molecule has 1 aliphatic heterocycles. The van der Waals surface area contributed by atoms with Crippen LogP contribution in [0.2, 0.25) is 0 Å². The molecular formula is C26H27FN2O3S. The Balaban J connectivity index is 1.37. The summed E-state index contributed by atoms with van der Waals surface area (Å²) in [6, 6.07) is 9.41. The number of hydrogen-bond acceptors (Lipinski definition) is 5. The maximum Gasteiger partial charge on any atom is 0.308 e. The van der Waals surface area contributed by atoms with Crippen LogP contribution in [-0.4, -0.2) is 47.7 Å². The highest BCUT2D eigenvalue weighted by molar-refractivity contribution is 7.10. The first-order chi connectivity index (χ1) is 16.0. The number of methoxy groups -OCH3 is 1. The van der Waals surface area contributed by atoms with Crippen LogP contribution in [0.25, 0.3) is 10.9 Å². The molecule has 172 valence electrons. The van der Waals surface area contributed by atoms with Crippen molar-refractivity contribution in [1.29, 1.82) is 0 Å². The van der Waals surface area contributed by atoms with Gasteiger partial charge in [-0.15, -0.1) is 11.3 Å². The molecule has 1 N–H and O–H groups in total. The average molecular weight is 467 g/mol. The fraction of sp³-hybridized carbons (Fsp3) is 0.385. The molecule has 4 rings (SSSR count). The normalized spacial score (nSPS) is 18.6. The second-order valence-electron chi connectivity index (χ2n) is 8.37. The van der Waals surface area contributed by atoms with Gasteiger partial charge in [-0.25, -0.2) is 4.39 Å². The molecule has 33 heavy (non-hydrogen) atoms. The summed E-state index contributed by atoms with van der Waals surface area (Å²) in [7, 11) is 1.58. The Hall–Kier alpha value is -2.95. The van der Waals surface area contributed by atoms with Crippen molar-refractivity contribution in [2.24, 2.45) is 11.8 Å². The van der Waals surface area contributed by atoms with Crippen molar-refractivity contribution < 1.29 is 19.0 Å². The standard InChI is InChI=1S/C26H27FN2O3S/c1-32-19-9-10-25-22(15-19)21(24(27)16-28-25)8-2-5-18-11-13-29(17-23(18)26(30)31)12-3-6-20-7-4-14-33-20/h4,7,9-10,14-16,18,23H,2,5,8,11-13,17H2,1H3,(H,30,31)/t18-,23+/m0/s1. The number of aryl methyl sites for hydroxylation is 1. The fourth-order valence-electron chi connectivity index (χ4n) is 4.55. The van der Waals surface area contributed by atoms with E-state index >= 15 is 0 Å². The lowest BCUT2D eigenvalue weighted by Gasteiger charge is -2.35. The van der Waals surface area contributed by atoms with Gasteiger partial charge < -0.3 is 9.84 Å². The predicted octanol–water partition coefficient (Wildman–Crippen LogP) is 4.84. The number of piperidine rings is 1. The smallest absolute Gasteiger partial charge is 0.308 e. The van der Waals surface area contributed by atoms with Crippen LogP contribution in [0.5, 0.6) is 5.75 Å². The minimum Gasteiger partial charge on any atom is -0.497 e. The van der Waals surface area contributed by atoms with Gasteiger partial charge in [-0.3, -0.25) is 14.7 Å². The summed E-state index contributed by atoms with van der Waals surface area (Å²) in [5.74, 6) is 5.52. The van der Waals surface area contributed by atoms with E-state index in [1.54, 1.807) is 18.4 Å². The largest absolute Gasteiger partial charge is 0.497 e. The first-order valence-corrected chi connectivity index (χ1v) is 12.0.